The molecule has 1 aliphatic heterocycles. The maximum Gasteiger partial charge on any atom is 0.335 e. The van der Waals surface area contributed by atoms with Gasteiger partial charge in [0.15, 0.2) is 18.1 Å². The molecular formula is C13H16N2O12. The van der Waals surface area contributed by atoms with Crippen LogP contribution in [0, 0.1) is 27.2 Å². The van der Waals surface area contributed by atoms with Crippen LogP contribution >= 0.6 is 0 Å². The Bertz CT molecular complexity index is 738. The average molecular weight is 392 g/mol. The smallest absolute Gasteiger partial charge is 0.335 e. The molecule has 0 spiro atoms. The lowest BCUT2D eigenvalue weighted by molar-refractivity contribution is -0.394. The molecule has 150 valence electrons. The molecule has 0 amide bonds. The van der Waals surface area contributed by atoms with Crippen molar-refractivity contribution in [1.29, 1.82) is 0 Å². The highest BCUT2D eigenvalue weighted by molar-refractivity contribution is 5.73. The fourth-order valence-corrected chi connectivity index (χ4v) is 2.05. The van der Waals surface area contributed by atoms with Gasteiger partial charge >= 0.3 is 11.7 Å². The van der Waals surface area contributed by atoms with Gasteiger partial charge in [0.2, 0.25) is 0 Å². The number of aliphatic hydroxyl groups is 4. The number of carboxylic acid groups (broad SMARTS) is 1. The van der Waals surface area contributed by atoms with Crippen molar-refractivity contribution in [3.05, 3.63) is 37.9 Å². The third kappa shape index (κ3) is 5.05. The normalized spacial score (nSPS) is 27.2. The molecule has 1 aromatic rings. The van der Waals surface area contributed by atoms with Gasteiger partial charge in [-0.05, 0) is 6.92 Å². The van der Waals surface area contributed by atoms with E-state index in [0.717, 1.165) is 12.1 Å². The Morgan fingerprint density at radius 2 is 1.59 bits per heavy atom. The Labute approximate surface area is 149 Å². The van der Waals surface area contributed by atoms with Crippen LogP contribution in [0.5, 0.6) is 5.75 Å². The summed E-state index contributed by atoms with van der Waals surface area (Å²) >= 11 is 0. The molecule has 1 fully saturated rings. The SMILES string of the molecule is Cc1cc([N+](=O)[O-])cc([N+](=O)[O-])c1O.O=C(O)[C@H]1O[C@@H](O)[C@H](O)[C@@H](O)[C@@H]1O. The minimum absolute atomic E-state index is 0.103. The first-order chi connectivity index (χ1) is 12.4. The Kier molecular flexibility index (Phi) is 7.09. The van der Waals surface area contributed by atoms with Crippen LogP contribution in [0.2, 0.25) is 0 Å². The maximum absolute atomic E-state index is 10.4. The fourth-order valence-electron chi connectivity index (χ4n) is 2.05. The van der Waals surface area contributed by atoms with E-state index in [0.29, 0.717) is 0 Å². The zero-order valence-corrected chi connectivity index (χ0v) is 13.6. The van der Waals surface area contributed by atoms with Crippen molar-refractivity contribution < 1.29 is 50.0 Å². The van der Waals surface area contributed by atoms with Crippen LogP contribution in [-0.2, 0) is 9.53 Å². The van der Waals surface area contributed by atoms with Gasteiger partial charge in [-0.3, -0.25) is 20.2 Å². The first-order valence-electron chi connectivity index (χ1n) is 7.11. The average Bonchev–Trinajstić information content (AvgIpc) is 2.58. The van der Waals surface area contributed by atoms with Crippen LogP contribution in [0.3, 0.4) is 0 Å². The summed E-state index contributed by atoms with van der Waals surface area (Å²) in [5, 5.41) is 74.3. The number of hydrogen-bond acceptors (Lipinski definition) is 11. The second-order valence-corrected chi connectivity index (χ2v) is 5.40. The number of nitrogens with zero attached hydrogens (tertiary/aromatic N) is 2. The number of nitro benzene ring substituents is 2. The van der Waals surface area contributed by atoms with Crippen molar-refractivity contribution in [2.24, 2.45) is 0 Å². The Morgan fingerprint density at radius 3 is 2.04 bits per heavy atom. The highest BCUT2D eigenvalue weighted by atomic mass is 16.6. The lowest BCUT2D eigenvalue weighted by Gasteiger charge is -2.36. The molecule has 2 rings (SSSR count). The Balaban J connectivity index is 0.000000271. The van der Waals surface area contributed by atoms with Gasteiger partial charge in [-0.15, -0.1) is 0 Å². The van der Waals surface area contributed by atoms with E-state index in [4.69, 9.17) is 25.5 Å². The lowest BCUT2D eigenvalue weighted by Crippen LogP contribution is -2.59. The molecule has 14 heteroatoms. The van der Waals surface area contributed by atoms with Gasteiger partial charge < -0.3 is 35.4 Å². The number of aliphatic carboxylic acids is 1. The van der Waals surface area contributed by atoms with Crippen molar-refractivity contribution in [2.45, 2.75) is 37.6 Å². The second-order valence-electron chi connectivity index (χ2n) is 5.40. The van der Waals surface area contributed by atoms with Crippen molar-refractivity contribution in [3.63, 3.8) is 0 Å². The monoisotopic (exact) mass is 392 g/mol. The lowest BCUT2D eigenvalue weighted by atomic mass is 9.99. The number of phenolic OH excluding ortho intramolecular Hbond substituents is 1. The number of aromatic hydroxyl groups is 1. The molecule has 0 bridgehead atoms. The summed E-state index contributed by atoms with van der Waals surface area (Å²) in [6, 6.07) is 1.80. The van der Waals surface area contributed by atoms with Gasteiger partial charge in [-0.2, -0.15) is 0 Å². The van der Waals surface area contributed by atoms with Crippen LogP contribution in [0.1, 0.15) is 5.56 Å². The fraction of sp³-hybridized carbons (Fsp3) is 0.462. The molecule has 0 saturated carbocycles. The molecule has 0 aromatic heterocycles. The summed E-state index contributed by atoms with van der Waals surface area (Å²) in [6.45, 7) is 1.36. The predicted molar refractivity (Wildman–Crippen MR) is 82.7 cm³/mol. The highest BCUT2D eigenvalue weighted by Crippen LogP contribution is 2.33. The summed E-state index contributed by atoms with van der Waals surface area (Å²) in [4.78, 5) is 29.5. The third-order valence-corrected chi connectivity index (χ3v) is 3.50. The van der Waals surface area contributed by atoms with Crippen LogP contribution < -0.4 is 0 Å². The van der Waals surface area contributed by atoms with E-state index >= 15 is 0 Å². The van der Waals surface area contributed by atoms with Gasteiger partial charge in [0, 0.05) is 11.6 Å². The number of rotatable bonds is 3. The largest absolute Gasteiger partial charge is 0.502 e. The molecule has 1 aliphatic rings. The van der Waals surface area contributed by atoms with Gasteiger partial charge in [0.25, 0.3) is 5.69 Å². The Hall–Kier alpha value is -2.91. The van der Waals surface area contributed by atoms with Gasteiger partial charge in [0.05, 0.1) is 15.9 Å². The summed E-state index contributed by atoms with van der Waals surface area (Å²) in [7, 11) is 0. The number of nitro groups is 2. The van der Waals surface area contributed by atoms with E-state index in [1.807, 2.05) is 0 Å². The van der Waals surface area contributed by atoms with E-state index in [1.165, 1.54) is 6.92 Å². The number of ether oxygens (including phenoxy) is 1. The van der Waals surface area contributed by atoms with E-state index in [1.54, 1.807) is 0 Å². The molecule has 1 aromatic carbocycles. The molecule has 5 atom stereocenters. The zero-order chi connectivity index (χ0) is 21.0. The minimum atomic E-state index is -1.81. The van der Waals surface area contributed by atoms with E-state index < -0.39 is 63.6 Å². The van der Waals surface area contributed by atoms with Crippen LogP contribution in [0.15, 0.2) is 12.1 Å². The molecular weight excluding hydrogens is 376 g/mol. The summed E-state index contributed by atoms with van der Waals surface area (Å²) in [5.74, 6) is -2.06. The van der Waals surface area contributed by atoms with Gasteiger partial charge in [-0.1, -0.05) is 0 Å². The van der Waals surface area contributed by atoms with Crippen LogP contribution in [0.25, 0.3) is 0 Å². The number of non-ortho nitro benzene ring substituents is 1. The maximum atomic E-state index is 10.4. The Morgan fingerprint density at radius 1 is 1.04 bits per heavy atom. The highest BCUT2D eigenvalue weighted by Gasteiger charge is 2.46. The molecule has 0 radical (unpaired) electrons. The first-order valence-corrected chi connectivity index (χ1v) is 7.11. The number of aliphatic hydroxyl groups excluding tert-OH is 4. The third-order valence-electron chi connectivity index (χ3n) is 3.50. The number of aryl methyl sites for hydroxylation is 1. The van der Waals surface area contributed by atoms with Crippen molar-refractivity contribution in [2.75, 3.05) is 0 Å². The zero-order valence-electron chi connectivity index (χ0n) is 13.6. The number of carbonyl (C=O) groups is 1. The first kappa shape index (κ1) is 22.1. The van der Waals surface area contributed by atoms with Crippen molar-refractivity contribution >= 4 is 17.3 Å². The molecule has 14 nitrogen and oxygen atoms in total. The molecule has 1 heterocycles. The minimum Gasteiger partial charge on any atom is -0.502 e. The molecule has 0 unspecified atom stereocenters. The molecule has 0 aliphatic carbocycles. The van der Waals surface area contributed by atoms with Crippen LogP contribution in [0.4, 0.5) is 11.4 Å². The summed E-state index contributed by atoms with van der Waals surface area (Å²) in [5.41, 5.74) is -0.963. The van der Waals surface area contributed by atoms with E-state index in [-0.39, 0.29) is 5.56 Å². The van der Waals surface area contributed by atoms with E-state index in [2.05, 4.69) is 4.74 Å². The van der Waals surface area contributed by atoms with Crippen molar-refractivity contribution in [3.8, 4) is 5.75 Å². The summed E-state index contributed by atoms with van der Waals surface area (Å²) in [6.07, 6.45) is -8.72. The number of benzene rings is 1. The van der Waals surface area contributed by atoms with Crippen molar-refractivity contribution in [1.82, 2.24) is 0 Å². The number of phenols is 1. The summed E-state index contributed by atoms with van der Waals surface area (Å²) < 4.78 is 4.34. The number of hydrogen-bond donors (Lipinski definition) is 6. The van der Waals surface area contributed by atoms with Gasteiger partial charge in [0.1, 0.15) is 18.3 Å². The standard InChI is InChI=1S/C7H6N2O5.C6H10O7/c1-4-2-5(8(11)12)3-6(7(4)10)9(13)14;7-1-2(8)4(5(10)11)13-6(12)3(1)9/h2-3,10H,1H3;1-4,6-9,12H,(H,10,11)/t;1-,2-,3+,4-,6+/m.0/s1. The topological polar surface area (TPSA) is 234 Å². The predicted octanol–water partition coefficient (Wildman–Crippen LogP) is -1.61. The van der Waals surface area contributed by atoms with E-state index in [9.17, 15) is 30.1 Å². The number of carboxylic acids is 1. The molecule has 27 heavy (non-hydrogen) atoms. The second kappa shape index (κ2) is 8.65. The molecule has 6 N–H and O–H groups in total. The quantitative estimate of drug-likeness (QED) is 0.252. The van der Waals surface area contributed by atoms with Crippen LogP contribution in [-0.4, -0.2) is 77.2 Å². The van der Waals surface area contributed by atoms with Gasteiger partial charge in [-0.25, -0.2) is 4.79 Å². The molecule has 1 saturated heterocycles.